The largest absolute Gasteiger partial charge is 0.366 e. The van der Waals surface area contributed by atoms with Crippen molar-refractivity contribution in [3.8, 4) is 0 Å². The highest BCUT2D eigenvalue weighted by Gasteiger charge is 2.18. The van der Waals surface area contributed by atoms with E-state index in [9.17, 15) is 13.2 Å². The molecule has 0 atom stereocenters. The van der Waals surface area contributed by atoms with Crippen LogP contribution >= 0.6 is 0 Å². The van der Waals surface area contributed by atoms with Gasteiger partial charge in [-0.15, -0.1) is 0 Å². The summed E-state index contributed by atoms with van der Waals surface area (Å²) in [4.78, 5) is 11.9. The van der Waals surface area contributed by atoms with Crippen LogP contribution < -0.4 is 5.32 Å². The normalized spacial score (nSPS) is 12.5. The standard InChI is InChI=1S/C14H22N2O4S/c1-14(2,3)20-10-13(17)15-11-7-6-8-12(9-11)21(18,19)16(4)5/h6-9H,10H2,1-5H3,(H,15,17). The Morgan fingerprint density at radius 3 is 2.43 bits per heavy atom. The zero-order chi connectivity index (χ0) is 16.3. The molecule has 0 aliphatic rings. The number of carbonyl (C=O) groups is 1. The van der Waals surface area contributed by atoms with Crippen LogP contribution in [0.5, 0.6) is 0 Å². The molecule has 21 heavy (non-hydrogen) atoms. The zero-order valence-electron chi connectivity index (χ0n) is 13.0. The van der Waals surface area contributed by atoms with E-state index in [1.807, 2.05) is 20.8 Å². The van der Waals surface area contributed by atoms with E-state index < -0.39 is 15.6 Å². The average Bonchev–Trinajstić information content (AvgIpc) is 2.35. The minimum atomic E-state index is -3.52. The van der Waals surface area contributed by atoms with Crippen LogP contribution in [-0.2, 0) is 19.6 Å². The van der Waals surface area contributed by atoms with Crippen molar-refractivity contribution in [1.82, 2.24) is 4.31 Å². The Kier molecular flexibility index (Phi) is 5.49. The fourth-order valence-corrected chi connectivity index (χ4v) is 2.37. The van der Waals surface area contributed by atoms with Gasteiger partial charge in [0.2, 0.25) is 15.9 Å². The molecule has 0 saturated heterocycles. The molecule has 0 radical (unpaired) electrons. The number of rotatable bonds is 5. The van der Waals surface area contributed by atoms with Crippen LogP contribution in [0.2, 0.25) is 0 Å². The van der Waals surface area contributed by atoms with Gasteiger partial charge in [0.25, 0.3) is 0 Å². The van der Waals surface area contributed by atoms with Gasteiger partial charge in [-0.1, -0.05) is 6.07 Å². The van der Waals surface area contributed by atoms with Crippen LogP contribution in [0.15, 0.2) is 29.2 Å². The molecule has 0 fully saturated rings. The van der Waals surface area contributed by atoms with Crippen LogP contribution in [-0.4, -0.2) is 44.9 Å². The molecule has 1 amide bonds. The van der Waals surface area contributed by atoms with Gasteiger partial charge in [0.05, 0.1) is 10.5 Å². The van der Waals surface area contributed by atoms with Crippen molar-refractivity contribution in [3.63, 3.8) is 0 Å². The summed E-state index contributed by atoms with van der Waals surface area (Å²) in [5.74, 6) is -0.329. The molecule has 7 heteroatoms. The van der Waals surface area contributed by atoms with Gasteiger partial charge in [0.15, 0.2) is 0 Å². The molecule has 6 nitrogen and oxygen atoms in total. The predicted octanol–water partition coefficient (Wildman–Crippen LogP) is 1.69. The van der Waals surface area contributed by atoms with Crippen LogP contribution in [0.4, 0.5) is 5.69 Å². The highest BCUT2D eigenvalue weighted by molar-refractivity contribution is 7.89. The number of amides is 1. The molecular weight excluding hydrogens is 292 g/mol. The van der Waals surface area contributed by atoms with Crippen molar-refractivity contribution in [1.29, 1.82) is 0 Å². The van der Waals surface area contributed by atoms with Crippen molar-refractivity contribution in [2.75, 3.05) is 26.0 Å². The van der Waals surface area contributed by atoms with Gasteiger partial charge in [-0.25, -0.2) is 12.7 Å². The van der Waals surface area contributed by atoms with Crippen LogP contribution in [0.25, 0.3) is 0 Å². The Hall–Kier alpha value is -1.44. The first-order valence-corrected chi connectivity index (χ1v) is 7.93. The summed E-state index contributed by atoms with van der Waals surface area (Å²) in [6.45, 7) is 5.47. The number of nitrogens with one attached hydrogen (secondary N) is 1. The SMILES string of the molecule is CN(C)S(=O)(=O)c1cccc(NC(=O)COC(C)(C)C)c1. The van der Waals surface area contributed by atoms with E-state index in [-0.39, 0.29) is 17.4 Å². The maximum atomic E-state index is 12.0. The summed E-state index contributed by atoms with van der Waals surface area (Å²) in [5.41, 5.74) is 0.00779. The van der Waals surface area contributed by atoms with E-state index in [0.717, 1.165) is 4.31 Å². The second kappa shape index (κ2) is 6.55. The van der Waals surface area contributed by atoms with Crippen molar-refractivity contribution >= 4 is 21.6 Å². The lowest BCUT2D eigenvalue weighted by Crippen LogP contribution is -2.27. The summed E-state index contributed by atoms with van der Waals surface area (Å²) < 4.78 is 30.5. The van der Waals surface area contributed by atoms with Gasteiger partial charge in [0.1, 0.15) is 6.61 Å². The highest BCUT2D eigenvalue weighted by atomic mass is 32.2. The van der Waals surface area contributed by atoms with E-state index in [0.29, 0.717) is 5.69 Å². The fourth-order valence-electron chi connectivity index (χ4n) is 1.42. The summed E-state index contributed by atoms with van der Waals surface area (Å²) in [6, 6.07) is 6.11. The lowest BCUT2D eigenvalue weighted by Gasteiger charge is -2.19. The Bertz CT molecular complexity index is 604. The molecule has 0 aliphatic carbocycles. The molecule has 0 aliphatic heterocycles. The smallest absolute Gasteiger partial charge is 0.250 e. The van der Waals surface area contributed by atoms with Crippen LogP contribution in [0, 0.1) is 0 Å². The Balaban J connectivity index is 2.81. The molecule has 1 aromatic rings. The van der Waals surface area contributed by atoms with Gasteiger partial charge in [0, 0.05) is 19.8 Å². The molecule has 0 spiro atoms. The maximum Gasteiger partial charge on any atom is 0.250 e. The van der Waals surface area contributed by atoms with Crippen molar-refractivity contribution in [3.05, 3.63) is 24.3 Å². The second-order valence-corrected chi connectivity index (χ2v) is 7.92. The first-order valence-electron chi connectivity index (χ1n) is 6.49. The molecule has 1 rings (SSSR count). The topological polar surface area (TPSA) is 75.7 Å². The molecule has 0 aromatic heterocycles. The van der Waals surface area contributed by atoms with E-state index >= 15 is 0 Å². The van der Waals surface area contributed by atoms with Crippen molar-refractivity contribution < 1.29 is 17.9 Å². The molecule has 0 bridgehead atoms. The number of sulfonamides is 1. The molecule has 0 unspecified atom stereocenters. The summed E-state index contributed by atoms with van der Waals surface area (Å²) in [6.07, 6.45) is 0. The van der Waals surface area contributed by atoms with E-state index in [1.165, 1.54) is 26.2 Å². The number of hydrogen-bond donors (Lipinski definition) is 1. The number of hydrogen-bond acceptors (Lipinski definition) is 4. The quantitative estimate of drug-likeness (QED) is 0.897. The second-order valence-electron chi connectivity index (χ2n) is 5.76. The molecular formula is C14H22N2O4S. The first kappa shape index (κ1) is 17.6. The van der Waals surface area contributed by atoms with E-state index in [4.69, 9.17) is 4.74 Å². The highest BCUT2D eigenvalue weighted by Crippen LogP contribution is 2.18. The maximum absolute atomic E-state index is 12.0. The predicted molar refractivity (Wildman–Crippen MR) is 81.6 cm³/mol. The molecule has 0 saturated carbocycles. The number of anilines is 1. The molecule has 118 valence electrons. The van der Waals surface area contributed by atoms with Crippen LogP contribution in [0.1, 0.15) is 20.8 Å². The number of ether oxygens (including phenoxy) is 1. The minimum Gasteiger partial charge on any atom is -0.366 e. The zero-order valence-corrected chi connectivity index (χ0v) is 13.8. The van der Waals surface area contributed by atoms with Crippen molar-refractivity contribution in [2.24, 2.45) is 0 Å². The third-order valence-electron chi connectivity index (χ3n) is 2.53. The van der Waals surface area contributed by atoms with E-state index in [2.05, 4.69) is 5.32 Å². The number of benzene rings is 1. The molecule has 1 aromatic carbocycles. The summed E-state index contributed by atoms with van der Waals surface area (Å²) in [5, 5.41) is 2.62. The summed E-state index contributed by atoms with van der Waals surface area (Å²) >= 11 is 0. The fraction of sp³-hybridized carbons (Fsp3) is 0.500. The van der Waals surface area contributed by atoms with Gasteiger partial charge in [-0.05, 0) is 39.0 Å². The lowest BCUT2D eigenvalue weighted by atomic mass is 10.2. The summed E-state index contributed by atoms with van der Waals surface area (Å²) in [7, 11) is -0.608. The number of nitrogens with zero attached hydrogens (tertiary/aromatic N) is 1. The lowest BCUT2D eigenvalue weighted by molar-refractivity contribution is -0.125. The minimum absolute atomic E-state index is 0.0891. The third kappa shape index (κ3) is 5.45. The molecule has 1 N–H and O–H groups in total. The van der Waals surface area contributed by atoms with Gasteiger partial charge in [-0.3, -0.25) is 4.79 Å². The van der Waals surface area contributed by atoms with E-state index in [1.54, 1.807) is 12.1 Å². The number of carbonyl (C=O) groups excluding carboxylic acids is 1. The third-order valence-corrected chi connectivity index (χ3v) is 4.34. The van der Waals surface area contributed by atoms with Gasteiger partial charge in [-0.2, -0.15) is 0 Å². The van der Waals surface area contributed by atoms with Crippen molar-refractivity contribution in [2.45, 2.75) is 31.3 Å². The first-order chi connectivity index (χ1) is 9.52. The Labute approximate surface area is 126 Å². The Morgan fingerprint density at radius 1 is 1.29 bits per heavy atom. The average molecular weight is 314 g/mol. The van der Waals surface area contributed by atoms with Gasteiger partial charge >= 0.3 is 0 Å². The van der Waals surface area contributed by atoms with Crippen LogP contribution in [0.3, 0.4) is 0 Å². The molecule has 0 heterocycles. The monoisotopic (exact) mass is 314 g/mol. The Morgan fingerprint density at radius 2 is 1.90 bits per heavy atom. The van der Waals surface area contributed by atoms with Gasteiger partial charge < -0.3 is 10.1 Å².